The van der Waals surface area contributed by atoms with Crippen LogP contribution in [0.1, 0.15) is 43.5 Å². The third-order valence-corrected chi connectivity index (χ3v) is 7.14. The van der Waals surface area contributed by atoms with Crippen molar-refractivity contribution in [3.63, 3.8) is 0 Å². The largest absolute Gasteiger partial charge is 0.368 e. The SMILES string of the molecule is Nc1ncc(-c2ccc(C3(c4noc(-c5cnn(CC(=O)N6CCCC6)c5)n4)CCC3)cc2)cn1. The molecule has 1 aliphatic heterocycles. The fourth-order valence-electron chi connectivity index (χ4n) is 4.94. The number of hydrogen-bond acceptors (Lipinski definition) is 8. The molecule has 2 fully saturated rings. The van der Waals surface area contributed by atoms with Gasteiger partial charge in [-0.3, -0.25) is 9.48 Å². The average Bonchev–Trinajstić information content (AvgIpc) is 3.62. The Bertz CT molecular complexity index is 1330. The predicted octanol–water partition coefficient (Wildman–Crippen LogP) is 3.06. The minimum absolute atomic E-state index is 0.0887. The van der Waals surface area contributed by atoms with Gasteiger partial charge < -0.3 is 15.2 Å². The van der Waals surface area contributed by atoms with Crippen LogP contribution in [0, 0.1) is 0 Å². The fraction of sp³-hybridized carbons (Fsp3) is 0.360. The molecule has 4 aromatic rings. The summed E-state index contributed by atoms with van der Waals surface area (Å²) in [5, 5.41) is 8.69. The molecule has 178 valence electrons. The normalized spacial score (nSPS) is 16.9. The predicted molar refractivity (Wildman–Crippen MR) is 128 cm³/mol. The third-order valence-electron chi connectivity index (χ3n) is 7.14. The molecule has 1 aliphatic carbocycles. The highest BCUT2D eigenvalue weighted by atomic mass is 16.5. The quantitative estimate of drug-likeness (QED) is 0.455. The molecule has 6 rings (SSSR count). The van der Waals surface area contributed by atoms with Gasteiger partial charge in [0.2, 0.25) is 11.9 Å². The Labute approximate surface area is 202 Å². The number of amides is 1. The van der Waals surface area contributed by atoms with Crippen molar-refractivity contribution in [3.8, 4) is 22.6 Å². The Kier molecular flexibility index (Phi) is 5.28. The van der Waals surface area contributed by atoms with Crippen molar-refractivity contribution < 1.29 is 9.32 Å². The van der Waals surface area contributed by atoms with Gasteiger partial charge in [0, 0.05) is 37.2 Å². The first-order valence-electron chi connectivity index (χ1n) is 11.9. The van der Waals surface area contributed by atoms with E-state index in [1.54, 1.807) is 29.5 Å². The number of carbonyl (C=O) groups excluding carboxylic acids is 1. The summed E-state index contributed by atoms with van der Waals surface area (Å²) in [4.78, 5) is 27.2. The van der Waals surface area contributed by atoms with Crippen LogP contribution in [0.3, 0.4) is 0 Å². The van der Waals surface area contributed by atoms with E-state index in [9.17, 15) is 4.79 Å². The Morgan fingerprint density at radius 2 is 1.71 bits per heavy atom. The maximum atomic E-state index is 12.4. The van der Waals surface area contributed by atoms with E-state index >= 15 is 0 Å². The van der Waals surface area contributed by atoms with Crippen molar-refractivity contribution >= 4 is 11.9 Å². The third kappa shape index (κ3) is 3.94. The maximum Gasteiger partial charge on any atom is 0.261 e. The molecule has 10 heteroatoms. The van der Waals surface area contributed by atoms with Crippen molar-refractivity contribution in [3.05, 3.63) is 60.4 Å². The van der Waals surface area contributed by atoms with Crippen molar-refractivity contribution in [1.82, 2.24) is 34.8 Å². The summed E-state index contributed by atoms with van der Waals surface area (Å²) in [5.41, 5.74) is 9.14. The highest BCUT2D eigenvalue weighted by Gasteiger charge is 2.44. The van der Waals surface area contributed by atoms with Gasteiger partial charge in [0.1, 0.15) is 6.54 Å². The first-order valence-corrected chi connectivity index (χ1v) is 11.9. The van der Waals surface area contributed by atoms with E-state index in [0.29, 0.717) is 17.3 Å². The van der Waals surface area contributed by atoms with Crippen molar-refractivity contribution in [1.29, 1.82) is 0 Å². The number of anilines is 1. The lowest BCUT2D eigenvalue weighted by molar-refractivity contribution is -0.130. The van der Waals surface area contributed by atoms with Gasteiger partial charge in [-0.15, -0.1) is 0 Å². The highest BCUT2D eigenvalue weighted by Crippen LogP contribution is 2.48. The van der Waals surface area contributed by atoms with E-state index in [2.05, 4.69) is 44.5 Å². The smallest absolute Gasteiger partial charge is 0.261 e. The summed E-state index contributed by atoms with van der Waals surface area (Å²) in [7, 11) is 0. The minimum Gasteiger partial charge on any atom is -0.368 e. The van der Waals surface area contributed by atoms with E-state index in [1.807, 2.05) is 4.90 Å². The summed E-state index contributed by atoms with van der Waals surface area (Å²) >= 11 is 0. The molecule has 2 N–H and O–H groups in total. The van der Waals surface area contributed by atoms with Crippen LogP contribution in [0.5, 0.6) is 0 Å². The lowest BCUT2D eigenvalue weighted by Gasteiger charge is -2.39. The lowest BCUT2D eigenvalue weighted by Crippen LogP contribution is -2.36. The van der Waals surface area contributed by atoms with E-state index in [-0.39, 0.29) is 23.8 Å². The zero-order valence-electron chi connectivity index (χ0n) is 19.3. The number of carbonyl (C=O) groups is 1. The number of nitrogens with two attached hydrogens (primary N) is 1. The number of likely N-dealkylation sites (tertiary alicyclic amines) is 1. The number of nitrogens with zero attached hydrogens (tertiary/aromatic N) is 7. The van der Waals surface area contributed by atoms with E-state index in [0.717, 1.165) is 61.9 Å². The van der Waals surface area contributed by atoms with E-state index in [4.69, 9.17) is 15.2 Å². The van der Waals surface area contributed by atoms with Gasteiger partial charge in [-0.2, -0.15) is 10.1 Å². The first kappa shape index (κ1) is 21.5. The first-order chi connectivity index (χ1) is 17.1. The summed E-state index contributed by atoms with van der Waals surface area (Å²) in [6.45, 7) is 1.88. The van der Waals surface area contributed by atoms with Crippen LogP contribution in [0.2, 0.25) is 0 Å². The monoisotopic (exact) mass is 470 g/mol. The van der Waals surface area contributed by atoms with Gasteiger partial charge in [-0.1, -0.05) is 35.8 Å². The Balaban J connectivity index is 1.21. The van der Waals surface area contributed by atoms with Crippen LogP contribution in [0.25, 0.3) is 22.6 Å². The number of rotatable bonds is 6. The Hall–Kier alpha value is -4.08. The van der Waals surface area contributed by atoms with Crippen molar-refractivity contribution in [2.24, 2.45) is 0 Å². The molecule has 0 spiro atoms. The summed E-state index contributed by atoms with van der Waals surface area (Å²) < 4.78 is 7.28. The summed E-state index contributed by atoms with van der Waals surface area (Å²) in [5.74, 6) is 1.45. The van der Waals surface area contributed by atoms with Crippen LogP contribution in [0.4, 0.5) is 5.95 Å². The van der Waals surface area contributed by atoms with Gasteiger partial charge in [0.15, 0.2) is 5.82 Å². The molecular weight excluding hydrogens is 444 g/mol. The Morgan fingerprint density at radius 1 is 0.971 bits per heavy atom. The van der Waals surface area contributed by atoms with Crippen LogP contribution < -0.4 is 5.73 Å². The molecule has 0 unspecified atom stereocenters. The maximum absolute atomic E-state index is 12.4. The number of aromatic nitrogens is 6. The zero-order chi connectivity index (χ0) is 23.8. The van der Waals surface area contributed by atoms with Crippen LogP contribution >= 0.6 is 0 Å². The van der Waals surface area contributed by atoms with Gasteiger partial charge in [-0.05, 0) is 36.8 Å². The standard InChI is InChI=1S/C25H26N8O2/c26-24-27-12-18(13-28-24)17-4-6-20(7-5-17)25(8-3-9-25)23-30-22(35-31-23)19-14-29-33(15-19)16-21(34)32-10-1-2-11-32/h4-7,12-15H,1-3,8-11,16H2,(H2,26,27,28). The van der Waals surface area contributed by atoms with Gasteiger partial charge in [0.05, 0.1) is 17.2 Å². The number of benzene rings is 1. The van der Waals surface area contributed by atoms with Gasteiger partial charge in [0.25, 0.3) is 5.89 Å². The molecule has 1 amide bonds. The fourth-order valence-corrected chi connectivity index (χ4v) is 4.94. The molecule has 35 heavy (non-hydrogen) atoms. The molecule has 4 heterocycles. The van der Waals surface area contributed by atoms with Crippen LogP contribution in [-0.4, -0.2) is 53.8 Å². The van der Waals surface area contributed by atoms with Crippen molar-refractivity contribution in [2.45, 2.75) is 44.1 Å². The second-order valence-electron chi connectivity index (χ2n) is 9.28. The van der Waals surface area contributed by atoms with E-state index < -0.39 is 0 Å². The van der Waals surface area contributed by atoms with Gasteiger partial charge in [-0.25, -0.2) is 9.97 Å². The Morgan fingerprint density at radius 3 is 2.40 bits per heavy atom. The molecule has 1 aromatic carbocycles. The average molecular weight is 471 g/mol. The van der Waals surface area contributed by atoms with Crippen molar-refractivity contribution in [2.75, 3.05) is 18.8 Å². The minimum atomic E-state index is -0.264. The lowest BCUT2D eigenvalue weighted by atomic mass is 9.64. The molecule has 0 atom stereocenters. The molecule has 0 radical (unpaired) electrons. The molecule has 1 saturated carbocycles. The second kappa shape index (κ2) is 8.61. The van der Waals surface area contributed by atoms with Crippen LogP contribution in [-0.2, 0) is 16.8 Å². The molecule has 1 saturated heterocycles. The number of hydrogen-bond donors (Lipinski definition) is 1. The highest BCUT2D eigenvalue weighted by molar-refractivity contribution is 5.76. The summed E-state index contributed by atoms with van der Waals surface area (Å²) in [6, 6.07) is 8.35. The number of nitrogen functional groups attached to an aromatic ring is 1. The second-order valence-corrected chi connectivity index (χ2v) is 9.28. The van der Waals surface area contributed by atoms with Crippen LogP contribution in [0.15, 0.2) is 53.6 Å². The molecular formula is C25H26N8O2. The molecule has 0 bridgehead atoms. The van der Waals surface area contributed by atoms with E-state index in [1.165, 1.54) is 0 Å². The molecule has 2 aliphatic rings. The summed E-state index contributed by atoms with van der Waals surface area (Å²) in [6.07, 6.45) is 12.1. The molecule has 3 aromatic heterocycles. The van der Waals surface area contributed by atoms with Gasteiger partial charge >= 0.3 is 0 Å². The zero-order valence-corrected chi connectivity index (χ0v) is 19.3. The topological polar surface area (TPSA) is 129 Å². The molecule has 10 nitrogen and oxygen atoms in total.